The van der Waals surface area contributed by atoms with E-state index in [4.69, 9.17) is 4.74 Å². The van der Waals surface area contributed by atoms with Crippen LogP contribution in [0.25, 0.3) is 0 Å². The van der Waals surface area contributed by atoms with Crippen LogP contribution in [-0.2, 0) is 4.74 Å². The molecule has 1 N–H and O–H groups in total. The lowest BCUT2D eigenvalue weighted by Gasteiger charge is -2.06. The summed E-state index contributed by atoms with van der Waals surface area (Å²) in [7, 11) is 0. The maximum atomic E-state index is 13.1. The number of hydrogen-bond acceptors (Lipinski definition) is 4. The highest BCUT2D eigenvalue weighted by molar-refractivity contribution is 5.94. The number of nitro benzene ring substituents is 1. The summed E-state index contributed by atoms with van der Waals surface area (Å²) < 4.78 is 18.5. The van der Waals surface area contributed by atoms with Gasteiger partial charge in [0.15, 0.2) is 0 Å². The highest BCUT2D eigenvalue weighted by atomic mass is 19.1. The smallest absolute Gasteiger partial charge is 0.305 e. The molecule has 1 rings (SSSR count). The summed E-state index contributed by atoms with van der Waals surface area (Å²) >= 11 is 0. The van der Waals surface area contributed by atoms with E-state index in [0.717, 1.165) is 25.0 Å². The van der Waals surface area contributed by atoms with E-state index in [9.17, 15) is 19.3 Å². The third-order valence-corrected chi connectivity index (χ3v) is 2.80. The molecule has 0 aliphatic carbocycles. The van der Waals surface area contributed by atoms with Gasteiger partial charge in [-0.2, -0.15) is 4.39 Å². The predicted molar refractivity (Wildman–Crippen MR) is 75.7 cm³/mol. The van der Waals surface area contributed by atoms with Gasteiger partial charge in [-0.25, -0.2) is 0 Å². The number of nitro groups is 1. The van der Waals surface area contributed by atoms with Gasteiger partial charge in [-0.3, -0.25) is 14.9 Å². The number of nitrogens with zero attached hydrogens (tertiary/aromatic N) is 1. The largest absolute Gasteiger partial charge is 0.381 e. The second kappa shape index (κ2) is 9.02. The van der Waals surface area contributed by atoms with Crippen molar-refractivity contribution in [2.75, 3.05) is 19.8 Å². The Bertz CT molecular complexity index is 494. The van der Waals surface area contributed by atoms with E-state index in [0.29, 0.717) is 26.2 Å². The average molecular weight is 298 g/mol. The minimum atomic E-state index is -0.958. The SMILES string of the molecule is CCCCOCCCNC(=O)c1ccc(F)c([N+](=O)[O-])c1. The summed E-state index contributed by atoms with van der Waals surface area (Å²) in [6.07, 6.45) is 2.73. The van der Waals surface area contributed by atoms with Gasteiger partial charge in [0.25, 0.3) is 5.91 Å². The normalized spacial score (nSPS) is 10.4. The van der Waals surface area contributed by atoms with Gasteiger partial charge in [-0.15, -0.1) is 0 Å². The van der Waals surface area contributed by atoms with Crippen molar-refractivity contribution >= 4 is 11.6 Å². The van der Waals surface area contributed by atoms with E-state index >= 15 is 0 Å². The van der Waals surface area contributed by atoms with Gasteiger partial charge in [-0.1, -0.05) is 13.3 Å². The number of ether oxygens (including phenoxy) is 1. The predicted octanol–water partition coefficient (Wildman–Crippen LogP) is 2.67. The van der Waals surface area contributed by atoms with Gasteiger partial charge in [0, 0.05) is 31.4 Å². The highest BCUT2D eigenvalue weighted by Gasteiger charge is 2.17. The van der Waals surface area contributed by atoms with Crippen molar-refractivity contribution in [1.82, 2.24) is 5.32 Å². The van der Waals surface area contributed by atoms with E-state index in [1.54, 1.807) is 0 Å². The Morgan fingerprint density at radius 2 is 2.10 bits per heavy atom. The van der Waals surface area contributed by atoms with Crippen LogP contribution in [0.5, 0.6) is 0 Å². The van der Waals surface area contributed by atoms with Crippen LogP contribution in [-0.4, -0.2) is 30.6 Å². The van der Waals surface area contributed by atoms with Gasteiger partial charge in [0.05, 0.1) is 4.92 Å². The number of hydrogen-bond donors (Lipinski definition) is 1. The molecule has 6 nitrogen and oxygen atoms in total. The molecule has 0 spiro atoms. The fraction of sp³-hybridized carbons (Fsp3) is 0.500. The van der Waals surface area contributed by atoms with Crippen LogP contribution in [0.3, 0.4) is 0 Å². The second-order valence-electron chi connectivity index (χ2n) is 4.50. The molecule has 116 valence electrons. The van der Waals surface area contributed by atoms with Crippen LogP contribution < -0.4 is 5.32 Å². The Hall–Kier alpha value is -2.02. The van der Waals surface area contributed by atoms with Crippen LogP contribution in [0.15, 0.2) is 18.2 Å². The number of benzene rings is 1. The molecule has 0 aromatic heterocycles. The van der Waals surface area contributed by atoms with Crippen molar-refractivity contribution < 1.29 is 18.8 Å². The number of carbonyl (C=O) groups excluding carboxylic acids is 1. The summed E-state index contributed by atoms with van der Waals surface area (Å²) in [5, 5.41) is 13.2. The van der Waals surface area contributed by atoms with Crippen molar-refractivity contribution in [2.24, 2.45) is 0 Å². The van der Waals surface area contributed by atoms with Crippen LogP contribution in [0.4, 0.5) is 10.1 Å². The Labute approximate surface area is 122 Å². The molecule has 7 heteroatoms. The van der Waals surface area contributed by atoms with E-state index in [1.165, 1.54) is 6.07 Å². The molecule has 0 bridgehead atoms. The monoisotopic (exact) mass is 298 g/mol. The fourth-order valence-corrected chi connectivity index (χ4v) is 1.62. The summed E-state index contributed by atoms with van der Waals surface area (Å²) in [6.45, 7) is 3.72. The minimum absolute atomic E-state index is 0.0648. The molecule has 1 aromatic rings. The van der Waals surface area contributed by atoms with Crippen molar-refractivity contribution in [3.05, 3.63) is 39.7 Å². The molecule has 1 amide bonds. The van der Waals surface area contributed by atoms with Gasteiger partial charge < -0.3 is 10.1 Å². The number of carbonyl (C=O) groups is 1. The van der Waals surface area contributed by atoms with E-state index < -0.39 is 22.3 Å². The van der Waals surface area contributed by atoms with Gasteiger partial charge in [0.2, 0.25) is 5.82 Å². The fourth-order valence-electron chi connectivity index (χ4n) is 1.62. The van der Waals surface area contributed by atoms with Crippen LogP contribution in [0.1, 0.15) is 36.5 Å². The molecular formula is C14H19FN2O4. The summed E-state index contributed by atoms with van der Waals surface area (Å²) in [4.78, 5) is 21.5. The van der Waals surface area contributed by atoms with Gasteiger partial charge in [0.1, 0.15) is 0 Å². The molecule has 0 aliphatic heterocycles. The lowest BCUT2D eigenvalue weighted by molar-refractivity contribution is -0.387. The second-order valence-corrected chi connectivity index (χ2v) is 4.50. The van der Waals surface area contributed by atoms with Crippen LogP contribution in [0.2, 0.25) is 0 Å². The standard InChI is InChI=1S/C14H19FN2O4/c1-2-3-8-21-9-4-7-16-14(18)11-5-6-12(15)13(10-11)17(19)20/h5-6,10H,2-4,7-9H2,1H3,(H,16,18). The topological polar surface area (TPSA) is 81.5 Å². The highest BCUT2D eigenvalue weighted by Crippen LogP contribution is 2.18. The molecule has 0 heterocycles. The molecular weight excluding hydrogens is 279 g/mol. The molecule has 0 radical (unpaired) electrons. The zero-order valence-corrected chi connectivity index (χ0v) is 11.9. The Kier molecular flexibility index (Phi) is 7.31. The number of unbranched alkanes of at least 4 members (excludes halogenated alkanes) is 1. The number of halogens is 1. The van der Waals surface area contributed by atoms with Gasteiger partial charge in [-0.05, 0) is 25.0 Å². The first-order valence-corrected chi connectivity index (χ1v) is 6.86. The number of nitrogens with one attached hydrogen (secondary N) is 1. The van der Waals surface area contributed by atoms with E-state index in [1.807, 2.05) is 0 Å². The zero-order valence-electron chi connectivity index (χ0n) is 11.9. The van der Waals surface area contributed by atoms with Crippen molar-refractivity contribution in [3.8, 4) is 0 Å². The molecule has 0 saturated heterocycles. The van der Waals surface area contributed by atoms with Gasteiger partial charge >= 0.3 is 5.69 Å². The molecule has 0 aliphatic rings. The maximum Gasteiger partial charge on any atom is 0.305 e. The summed E-state index contributed by atoms with van der Waals surface area (Å²) in [6, 6.07) is 3.07. The Morgan fingerprint density at radius 3 is 2.76 bits per heavy atom. The van der Waals surface area contributed by atoms with E-state index in [2.05, 4.69) is 12.2 Å². The lowest BCUT2D eigenvalue weighted by atomic mass is 10.2. The lowest BCUT2D eigenvalue weighted by Crippen LogP contribution is -2.25. The van der Waals surface area contributed by atoms with Crippen LogP contribution >= 0.6 is 0 Å². The summed E-state index contributed by atoms with van der Waals surface area (Å²) in [5.41, 5.74) is -0.638. The molecule has 1 aromatic carbocycles. The third-order valence-electron chi connectivity index (χ3n) is 2.80. The molecule has 21 heavy (non-hydrogen) atoms. The van der Waals surface area contributed by atoms with Crippen molar-refractivity contribution in [3.63, 3.8) is 0 Å². The maximum absolute atomic E-state index is 13.1. The summed E-state index contributed by atoms with van der Waals surface area (Å²) in [5.74, 6) is -1.42. The van der Waals surface area contributed by atoms with E-state index in [-0.39, 0.29) is 5.56 Å². The Balaban J connectivity index is 2.39. The quantitative estimate of drug-likeness (QED) is 0.432. The first-order chi connectivity index (χ1) is 10.1. The first-order valence-electron chi connectivity index (χ1n) is 6.86. The average Bonchev–Trinajstić information content (AvgIpc) is 2.46. The molecule has 0 saturated carbocycles. The molecule has 0 fully saturated rings. The molecule has 0 atom stereocenters. The Morgan fingerprint density at radius 1 is 1.38 bits per heavy atom. The molecule has 0 unspecified atom stereocenters. The third kappa shape index (κ3) is 5.86. The minimum Gasteiger partial charge on any atom is -0.381 e. The number of amides is 1. The zero-order chi connectivity index (χ0) is 15.7. The van der Waals surface area contributed by atoms with Crippen LogP contribution in [0, 0.1) is 15.9 Å². The first kappa shape index (κ1) is 17.0. The van der Waals surface area contributed by atoms with Crippen molar-refractivity contribution in [1.29, 1.82) is 0 Å². The van der Waals surface area contributed by atoms with Crippen molar-refractivity contribution in [2.45, 2.75) is 26.2 Å². The number of rotatable bonds is 9.